The first-order valence-corrected chi connectivity index (χ1v) is 10.6. The summed E-state index contributed by atoms with van der Waals surface area (Å²) < 4.78 is 21.7. The van der Waals surface area contributed by atoms with E-state index in [-0.39, 0.29) is 24.6 Å². The van der Waals surface area contributed by atoms with Gasteiger partial charge in [0.05, 0.1) is 13.2 Å². The molecule has 0 saturated heterocycles. The summed E-state index contributed by atoms with van der Waals surface area (Å²) in [5.41, 5.74) is 2.18. The van der Waals surface area contributed by atoms with Crippen molar-refractivity contribution in [2.45, 2.75) is 38.7 Å². The Kier molecular flexibility index (Phi) is 9.47. The molecular formula is C24H31ClO5. The van der Waals surface area contributed by atoms with Crippen LogP contribution in [-0.4, -0.2) is 44.9 Å². The van der Waals surface area contributed by atoms with Crippen LogP contribution in [-0.2, 0) is 19.7 Å². The lowest BCUT2D eigenvalue weighted by atomic mass is 9.78. The molecular weight excluding hydrogens is 404 g/mol. The second-order valence-corrected chi connectivity index (χ2v) is 7.94. The monoisotopic (exact) mass is 434 g/mol. The predicted octanol–water partition coefficient (Wildman–Crippen LogP) is 4.98. The number of methoxy groups -OCH3 is 1. The van der Waals surface area contributed by atoms with Crippen LogP contribution in [0.4, 0.5) is 0 Å². The Hall–Kier alpha value is -2.24. The second kappa shape index (κ2) is 11.8. The number of alkyl halides is 1. The fourth-order valence-corrected chi connectivity index (χ4v) is 3.18. The Labute approximate surface area is 184 Å². The van der Waals surface area contributed by atoms with Crippen LogP contribution in [0.5, 0.6) is 11.5 Å². The van der Waals surface area contributed by atoms with Crippen LogP contribution in [0, 0.1) is 0 Å². The van der Waals surface area contributed by atoms with Crippen LogP contribution in [0.3, 0.4) is 0 Å². The molecule has 30 heavy (non-hydrogen) atoms. The zero-order valence-electron chi connectivity index (χ0n) is 18.2. The molecule has 0 bridgehead atoms. The van der Waals surface area contributed by atoms with Gasteiger partial charge in [-0.15, -0.1) is 11.6 Å². The van der Waals surface area contributed by atoms with E-state index >= 15 is 0 Å². The molecule has 2 rings (SSSR count). The average molecular weight is 435 g/mol. The molecule has 0 saturated carbocycles. The van der Waals surface area contributed by atoms with Crippen molar-refractivity contribution in [3.05, 3.63) is 59.7 Å². The summed E-state index contributed by atoms with van der Waals surface area (Å²) in [5, 5.41) is 0. The van der Waals surface area contributed by atoms with Crippen LogP contribution in [0.2, 0.25) is 0 Å². The van der Waals surface area contributed by atoms with Crippen molar-refractivity contribution in [3.8, 4) is 11.5 Å². The lowest BCUT2D eigenvalue weighted by Crippen LogP contribution is -2.28. The van der Waals surface area contributed by atoms with Crippen LogP contribution in [0.1, 0.15) is 38.3 Å². The van der Waals surface area contributed by atoms with Gasteiger partial charge in [-0.05, 0) is 41.8 Å². The summed E-state index contributed by atoms with van der Waals surface area (Å²) in [7, 11) is 1.56. The third kappa shape index (κ3) is 7.22. The van der Waals surface area contributed by atoms with Gasteiger partial charge in [-0.2, -0.15) is 0 Å². The van der Waals surface area contributed by atoms with Crippen LogP contribution in [0.25, 0.3) is 0 Å². The Morgan fingerprint density at radius 1 is 0.933 bits per heavy atom. The maximum atomic E-state index is 11.2. The number of halogens is 1. The molecule has 0 aromatic heterocycles. The molecule has 0 heterocycles. The molecule has 2 aromatic carbocycles. The van der Waals surface area contributed by atoms with Gasteiger partial charge in [0.25, 0.3) is 0 Å². The highest BCUT2D eigenvalue weighted by Crippen LogP contribution is 2.33. The highest BCUT2D eigenvalue weighted by molar-refractivity contribution is 6.17. The average Bonchev–Trinajstić information content (AvgIpc) is 2.73. The Morgan fingerprint density at radius 3 is 1.93 bits per heavy atom. The summed E-state index contributed by atoms with van der Waals surface area (Å²) in [5.74, 6) is 1.81. The van der Waals surface area contributed by atoms with Gasteiger partial charge in [-0.25, -0.2) is 0 Å². The van der Waals surface area contributed by atoms with E-state index in [1.165, 1.54) is 18.1 Å². The fraction of sp³-hybridized carbons (Fsp3) is 0.458. The minimum Gasteiger partial charge on any atom is -0.494 e. The number of hydrogen-bond acceptors (Lipinski definition) is 5. The molecule has 0 spiro atoms. The molecule has 1 atom stereocenters. The highest BCUT2D eigenvalue weighted by Gasteiger charge is 2.23. The normalized spacial score (nSPS) is 12.3. The van der Waals surface area contributed by atoms with E-state index in [0.717, 1.165) is 12.2 Å². The van der Waals surface area contributed by atoms with Crippen molar-refractivity contribution in [2.24, 2.45) is 0 Å². The summed E-state index contributed by atoms with van der Waals surface area (Å²) in [6, 6.07) is 16.1. The zero-order valence-corrected chi connectivity index (χ0v) is 18.9. The minimum atomic E-state index is -0.436. The quantitative estimate of drug-likeness (QED) is 0.268. The molecule has 0 aliphatic carbocycles. The van der Waals surface area contributed by atoms with Gasteiger partial charge < -0.3 is 18.9 Å². The maximum absolute atomic E-state index is 11.2. The zero-order chi connectivity index (χ0) is 22.0. The standard InChI is InChI=1S/C24H31ClO5/c1-18(26)30-23(16-27-4)17-29-22-12-8-20(9-13-22)24(2,3)19-6-10-21(11-7-19)28-15-5-14-25/h6-13,23H,5,14-17H2,1-4H3. The van der Waals surface area contributed by atoms with Crippen molar-refractivity contribution >= 4 is 17.6 Å². The molecule has 2 aromatic rings. The third-order valence-electron chi connectivity index (χ3n) is 4.82. The first-order chi connectivity index (χ1) is 14.4. The van der Waals surface area contributed by atoms with Gasteiger partial charge >= 0.3 is 5.97 Å². The van der Waals surface area contributed by atoms with E-state index in [1.54, 1.807) is 7.11 Å². The molecule has 0 radical (unpaired) electrons. The van der Waals surface area contributed by atoms with Crippen molar-refractivity contribution in [1.29, 1.82) is 0 Å². The van der Waals surface area contributed by atoms with Gasteiger partial charge in [0, 0.05) is 25.3 Å². The number of benzene rings is 2. The van der Waals surface area contributed by atoms with Gasteiger partial charge in [0.15, 0.2) is 6.10 Å². The van der Waals surface area contributed by atoms with Gasteiger partial charge in [0.2, 0.25) is 0 Å². The lowest BCUT2D eigenvalue weighted by Gasteiger charge is -2.26. The summed E-state index contributed by atoms with van der Waals surface area (Å²) >= 11 is 5.69. The van der Waals surface area contributed by atoms with E-state index in [4.69, 9.17) is 30.5 Å². The van der Waals surface area contributed by atoms with Crippen molar-refractivity contribution in [2.75, 3.05) is 32.8 Å². The summed E-state index contributed by atoms with van der Waals surface area (Å²) in [4.78, 5) is 11.2. The fourth-order valence-electron chi connectivity index (χ4n) is 3.07. The SMILES string of the molecule is COCC(COc1ccc(C(C)(C)c2ccc(OCCCCl)cc2)cc1)OC(C)=O. The van der Waals surface area contributed by atoms with E-state index in [1.807, 2.05) is 24.3 Å². The van der Waals surface area contributed by atoms with Crippen LogP contribution in [0.15, 0.2) is 48.5 Å². The van der Waals surface area contributed by atoms with E-state index in [2.05, 4.69) is 38.1 Å². The molecule has 164 valence electrons. The number of rotatable bonds is 12. The van der Waals surface area contributed by atoms with Gasteiger partial charge in [0.1, 0.15) is 18.1 Å². The number of esters is 1. The Bertz CT molecular complexity index is 771. The Morgan fingerprint density at radius 2 is 1.47 bits per heavy atom. The van der Waals surface area contributed by atoms with Crippen molar-refractivity contribution < 1.29 is 23.7 Å². The number of hydrogen-bond donors (Lipinski definition) is 0. The van der Waals surface area contributed by atoms with Gasteiger partial charge in [-0.3, -0.25) is 4.79 Å². The predicted molar refractivity (Wildman–Crippen MR) is 119 cm³/mol. The molecule has 0 fully saturated rings. The van der Waals surface area contributed by atoms with Crippen LogP contribution < -0.4 is 9.47 Å². The number of carbonyl (C=O) groups is 1. The molecule has 0 aliphatic heterocycles. The van der Waals surface area contributed by atoms with E-state index in [9.17, 15) is 4.79 Å². The molecule has 1 unspecified atom stereocenters. The van der Waals surface area contributed by atoms with E-state index < -0.39 is 6.10 Å². The molecule has 6 heteroatoms. The van der Waals surface area contributed by atoms with Crippen molar-refractivity contribution in [1.82, 2.24) is 0 Å². The first kappa shape index (κ1) is 24.0. The molecule has 0 N–H and O–H groups in total. The first-order valence-electron chi connectivity index (χ1n) is 10.1. The number of carbonyl (C=O) groups excluding carboxylic acids is 1. The van der Waals surface area contributed by atoms with Gasteiger partial charge in [-0.1, -0.05) is 38.1 Å². The summed E-state index contributed by atoms with van der Waals surface area (Å²) in [6.07, 6.45) is 0.393. The highest BCUT2D eigenvalue weighted by atomic mass is 35.5. The molecule has 0 amide bonds. The van der Waals surface area contributed by atoms with Crippen LogP contribution >= 0.6 is 11.6 Å². The van der Waals surface area contributed by atoms with Crippen molar-refractivity contribution in [3.63, 3.8) is 0 Å². The largest absolute Gasteiger partial charge is 0.494 e. The minimum absolute atomic E-state index is 0.177. The Balaban J connectivity index is 2.00. The second-order valence-electron chi connectivity index (χ2n) is 7.56. The maximum Gasteiger partial charge on any atom is 0.303 e. The lowest BCUT2D eigenvalue weighted by molar-refractivity contribution is -0.150. The number of ether oxygens (including phenoxy) is 4. The smallest absolute Gasteiger partial charge is 0.303 e. The third-order valence-corrected chi connectivity index (χ3v) is 5.09. The molecule has 5 nitrogen and oxygen atoms in total. The molecule has 0 aliphatic rings. The van der Waals surface area contributed by atoms with E-state index in [0.29, 0.717) is 18.2 Å². The summed E-state index contributed by atoms with van der Waals surface area (Å²) in [6.45, 7) is 6.88. The topological polar surface area (TPSA) is 54.0 Å².